The van der Waals surface area contributed by atoms with Gasteiger partial charge in [0.05, 0.1) is 11.1 Å². The normalized spacial score (nSPS) is 21.0. The molecule has 2 unspecified atom stereocenters. The Kier molecular flexibility index (Phi) is 8.94. The van der Waals surface area contributed by atoms with Gasteiger partial charge in [0.1, 0.15) is 29.9 Å². The number of carbonyl (C=O) groups excluding carboxylic acids is 2. The highest BCUT2D eigenvalue weighted by Gasteiger charge is 2.57. The van der Waals surface area contributed by atoms with Crippen molar-refractivity contribution in [1.29, 1.82) is 0 Å². The van der Waals surface area contributed by atoms with Crippen LogP contribution in [0.1, 0.15) is 39.8 Å². The fourth-order valence-electron chi connectivity index (χ4n) is 5.01. The van der Waals surface area contributed by atoms with Gasteiger partial charge in [0.15, 0.2) is 29.8 Å². The van der Waals surface area contributed by atoms with Crippen LogP contribution in [0.4, 0.5) is 10.9 Å². The van der Waals surface area contributed by atoms with Gasteiger partial charge in [-0.25, -0.2) is 9.97 Å². The summed E-state index contributed by atoms with van der Waals surface area (Å²) < 4.78 is 19.6. The molecular formula is C27H34N8O6S2. The Morgan fingerprint density at radius 3 is 2.74 bits per heavy atom. The predicted octanol–water partition coefficient (Wildman–Crippen LogP) is 2.78. The van der Waals surface area contributed by atoms with Crippen LogP contribution >= 0.6 is 23.7 Å². The van der Waals surface area contributed by atoms with E-state index in [0.717, 1.165) is 46.1 Å². The van der Waals surface area contributed by atoms with Crippen molar-refractivity contribution in [2.24, 2.45) is 5.16 Å². The maximum Gasteiger partial charge on any atom is 0.276 e. The van der Waals surface area contributed by atoms with Gasteiger partial charge < -0.3 is 35.8 Å². The molecular weight excluding hydrogens is 596 g/mol. The van der Waals surface area contributed by atoms with Gasteiger partial charge >= 0.3 is 0 Å². The molecule has 6 N–H and O–H groups in total. The highest BCUT2D eigenvalue weighted by atomic mass is 32.2. The maximum absolute atomic E-state index is 13.1. The first-order valence-electron chi connectivity index (χ1n) is 13.6. The van der Waals surface area contributed by atoms with Crippen molar-refractivity contribution in [3.8, 4) is 5.75 Å². The van der Waals surface area contributed by atoms with Gasteiger partial charge in [0.25, 0.3) is 11.8 Å². The second kappa shape index (κ2) is 12.5. The van der Waals surface area contributed by atoms with E-state index >= 15 is 0 Å². The van der Waals surface area contributed by atoms with Gasteiger partial charge in [-0.2, -0.15) is 9.35 Å². The average Bonchev–Trinajstić information content (AvgIpc) is 3.55. The van der Waals surface area contributed by atoms with Crippen LogP contribution in [0.2, 0.25) is 0 Å². The molecule has 2 saturated heterocycles. The van der Waals surface area contributed by atoms with Crippen molar-refractivity contribution in [1.82, 2.24) is 25.7 Å². The third kappa shape index (κ3) is 6.94. The zero-order valence-electron chi connectivity index (χ0n) is 24.1. The van der Waals surface area contributed by atoms with Crippen LogP contribution in [-0.2, 0) is 18.7 Å². The summed E-state index contributed by atoms with van der Waals surface area (Å²) in [5, 5.41) is 17.3. The van der Waals surface area contributed by atoms with Gasteiger partial charge in [-0.05, 0) is 64.4 Å². The molecule has 2 atom stereocenters. The minimum atomic E-state index is -0.919. The first kappa shape index (κ1) is 30.7. The molecule has 0 bridgehead atoms. The van der Waals surface area contributed by atoms with Crippen molar-refractivity contribution < 1.29 is 28.0 Å². The lowest BCUT2D eigenvalue weighted by molar-refractivity contribution is -0.214. The fraction of sp³-hybridized carbons (Fsp3) is 0.444. The molecule has 0 aliphatic carbocycles. The lowest BCUT2D eigenvalue weighted by Gasteiger charge is -2.50. The number of amides is 2. The summed E-state index contributed by atoms with van der Waals surface area (Å²) in [6.07, 6.45) is 1.02. The Hall–Kier alpha value is -3.70. The molecule has 3 aromatic rings. The van der Waals surface area contributed by atoms with E-state index in [1.807, 2.05) is 30.3 Å². The Labute approximate surface area is 256 Å². The number of fused-ring (bicyclic) bond motifs is 1. The Morgan fingerprint density at radius 1 is 1.26 bits per heavy atom. The monoisotopic (exact) mass is 630 g/mol. The number of hydrogen-bond acceptors (Lipinski definition) is 14. The number of nitrogen functional groups attached to an aromatic ring is 1. The number of pyridine rings is 1. The standard InChI is InChI=1S/C27H34N8O6S2/c1-26(2)12-16(13-29-26)30-20-8-5-15-11-17(6-7-18(15)31-20)39-9-10-40-34-21(19-14-42-25(28)32-19)23(36)33-22-24(37)35(41-43-38)27(22,3)4/h5-8,11,14,16,22,29,38H,9-10,12-13H2,1-4H3,(H2,28,32)(H,30,31)(H,33,36)/b34-21-. The van der Waals surface area contributed by atoms with Crippen LogP contribution in [0.15, 0.2) is 40.9 Å². The lowest BCUT2D eigenvalue weighted by atomic mass is 9.84. The molecule has 2 aromatic heterocycles. The van der Waals surface area contributed by atoms with Crippen LogP contribution in [0.25, 0.3) is 10.9 Å². The number of benzene rings is 1. The molecule has 2 aliphatic heterocycles. The molecule has 2 amide bonds. The van der Waals surface area contributed by atoms with Gasteiger partial charge in [-0.3, -0.25) is 9.59 Å². The minimum Gasteiger partial charge on any atom is -0.490 e. The number of ether oxygens (including phenoxy) is 1. The number of hydroxylamine groups is 2. The summed E-state index contributed by atoms with van der Waals surface area (Å²) in [6.45, 7) is 8.82. The summed E-state index contributed by atoms with van der Waals surface area (Å²) >= 11 is 1.18. The number of hydrogen-bond donors (Lipinski definition) is 5. The van der Waals surface area contributed by atoms with E-state index in [1.54, 1.807) is 19.2 Å². The number of oxime groups is 1. The topological polar surface area (TPSA) is 186 Å². The third-order valence-corrected chi connectivity index (χ3v) is 8.13. The van der Waals surface area contributed by atoms with Gasteiger partial charge in [0.2, 0.25) is 0 Å². The number of anilines is 2. The van der Waals surface area contributed by atoms with Crippen LogP contribution < -0.4 is 26.4 Å². The zero-order valence-corrected chi connectivity index (χ0v) is 25.8. The summed E-state index contributed by atoms with van der Waals surface area (Å²) in [7, 11) is 0. The number of rotatable bonds is 12. The molecule has 0 saturated carbocycles. The Balaban J connectivity index is 1.16. The number of nitrogens with two attached hydrogens (primary N) is 1. The van der Waals surface area contributed by atoms with E-state index < -0.39 is 23.4 Å². The van der Waals surface area contributed by atoms with Crippen molar-refractivity contribution in [2.45, 2.75) is 57.3 Å². The molecule has 1 aromatic carbocycles. The molecule has 2 fully saturated rings. The largest absolute Gasteiger partial charge is 0.490 e. The first-order valence-corrected chi connectivity index (χ1v) is 15.1. The SMILES string of the molecule is CC1(C)CC(Nc2ccc3cc(OCCO/N=C(\C(=O)NC4C(=O)N(OSO)C4(C)C)c4csc(N)n4)ccc3n2)CN1. The van der Waals surface area contributed by atoms with E-state index in [9.17, 15) is 9.59 Å². The fourth-order valence-corrected chi connectivity index (χ4v) is 5.89. The van der Waals surface area contributed by atoms with E-state index in [-0.39, 0.29) is 47.6 Å². The highest BCUT2D eigenvalue weighted by Crippen LogP contribution is 2.33. The molecule has 43 heavy (non-hydrogen) atoms. The molecule has 0 radical (unpaired) electrons. The van der Waals surface area contributed by atoms with Gasteiger partial charge in [0, 0.05) is 28.9 Å². The summed E-state index contributed by atoms with van der Waals surface area (Å²) in [6, 6.07) is 8.99. The average molecular weight is 631 g/mol. The quantitative estimate of drug-likeness (QED) is 0.0649. The van der Waals surface area contributed by atoms with Crippen LogP contribution in [0.5, 0.6) is 5.75 Å². The van der Waals surface area contributed by atoms with E-state index in [2.05, 4.69) is 39.9 Å². The Morgan fingerprint density at radius 2 is 2.07 bits per heavy atom. The van der Waals surface area contributed by atoms with Gasteiger partial charge in [-0.15, -0.1) is 11.3 Å². The van der Waals surface area contributed by atoms with E-state index in [0.29, 0.717) is 11.8 Å². The predicted molar refractivity (Wildman–Crippen MR) is 165 cm³/mol. The second-order valence-electron chi connectivity index (χ2n) is 11.4. The second-order valence-corrected chi connectivity index (χ2v) is 12.6. The van der Waals surface area contributed by atoms with Crippen LogP contribution in [-0.4, -0.2) is 80.0 Å². The number of nitrogens with zero attached hydrogens (tertiary/aromatic N) is 4. The van der Waals surface area contributed by atoms with E-state index in [4.69, 9.17) is 29.1 Å². The van der Waals surface area contributed by atoms with Crippen molar-refractivity contribution in [2.75, 3.05) is 30.8 Å². The number of aromatic nitrogens is 2. The smallest absolute Gasteiger partial charge is 0.276 e. The zero-order chi connectivity index (χ0) is 30.8. The summed E-state index contributed by atoms with van der Waals surface area (Å²) in [5.74, 6) is 0.254. The molecule has 230 valence electrons. The molecule has 5 rings (SSSR count). The first-order chi connectivity index (χ1) is 20.5. The van der Waals surface area contributed by atoms with Gasteiger partial charge in [-0.1, -0.05) is 5.16 Å². The molecule has 4 heterocycles. The van der Waals surface area contributed by atoms with Crippen LogP contribution in [0, 0.1) is 0 Å². The Bertz CT molecular complexity index is 1530. The van der Waals surface area contributed by atoms with Crippen molar-refractivity contribution >= 4 is 63.0 Å². The van der Waals surface area contributed by atoms with Crippen molar-refractivity contribution in [3.63, 3.8) is 0 Å². The number of β-lactam (4-membered cyclic amide) rings is 1. The molecule has 0 spiro atoms. The third-order valence-electron chi connectivity index (χ3n) is 7.24. The molecule has 2 aliphatic rings. The van der Waals surface area contributed by atoms with Crippen LogP contribution in [0.3, 0.4) is 0 Å². The number of thiazole rings is 1. The molecule has 16 heteroatoms. The minimum absolute atomic E-state index is 0.0323. The lowest BCUT2D eigenvalue weighted by Crippen LogP contribution is -2.76. The van der Waals surface area contributed by atoms with Crippen molar-refractivity contribution in [3.05, 3.63) is 41.4 Å². The molecule has 14 nitrogen and oxygen atoms in total. The summed E-state index contributed by atoms with van der Waals surface area (Å²) in [4.78, 5) is 39.8. The van der Waals surface area contributed by atoms with E-state index in [1.165, 1.54) is 0 Å². The highest BCUT2D eigenvalue weighted by molar-refractivity contribution is 7.88. The maximum atomic E-state index is 13.1. The summed E-state index contributed by atoms with van der Waals surface area (Å²) in [5.41, 5.74) is 5.85. The number of nitrogens with one attached hydrogen (secondary N) is 3. The number of carbonyl (C=O) groups is 2.